The highest BCUT2D eigenvalue weighted by molar-refractivity contribution is 6.12. The fourth-order valence-electron chi connectivity index (χ4n) is 21.4. The molecule has 1 aromatic heterocycles. The molecule has 20 aromatic rings. The van der Waals surface area contributed by atoms with Gasteiger partial charge in [-0.2, -0.15) is 0 Å². The van der Waals surface area contributed by atoms with Gasteiger partial charge in [-0.05, 0) is 259 Å². The first kappa shape index (κ1) is 76.3. The zero-order valence-corrected chi connectivity index (χ0v) is 71.9. The second-order valence-electron chi connectivity index (χ2n) is 35.8. The van der Waals surface area contributed by atoms with Gasteiger partial charge < -0.3 is 19.1 Å². The van der Waals surface area contributed by atoms with Crippen molar-refractivity contribution in [2.75, 3.05) is 14.7 Å². The standard InChI is InChI=1S/C123H91N3O/c1-121(2)108-52-20-19-44-102(108)103-48-27-55-111(117(103)121)126(96-71-62-86(63-72-96)82-34-15-9-16-35-82)98-43-23-41-91(78-98)101-47-24-49-104-107-79-92(66-75-114(107)127-120(101)104)100-46-26-54-110-116(100)106-50-28-56-112(118(106)122(110,3)4)124(93-67-58-84(59-68-93)80-30-11-7-12-31-80)94-73-64-87(65-74-94)88-38-21-40-90(76-88)99-45-25-53-109-115(99)105-51-29-57-113(119(105)123(109,5)6)125(95-69-60-85(61-70-95)81-32-13-8-14-33-81)97-42-22-39-89(77-97)83-36-17-10-18-37-83/h7-79H,1-6H3. The van der Waals surface area contributed by atoms with E-state index in [0.717, 1.165) is 101 Å². The van der Waals surface area contributed by atoms with Gasteiger partial charge in [0.15, 0.2) is 0 Å². The molecule has 0 radical (unpaired) electrons. The van der Waals surface area contributed by atoms with E-state index in [1.54, 1.807) is 0 Å². The van der Waals surface area contributed by atoms with Crippen molar-refractivity contribution in [3.05, 3.63) is 476 Å². The van der Waals surface area contributed by atoms with E-state index in [1.807, 2.05) is 0 Å². The van der Waals surface area contributed by atoms with Crippen LogP contribution in [0.25, 0.3) is 144 Å². The van der Waals surface area contributed by atoms with Crippen molar-refractivity contribution in [2.24, 2.45) is 0 Å². The molecule has 19 aromatic carbocycles. The van der Waals surface area contributed by atoms with Gasteiger partial charge >= 0.3 is 0 Å². The number of nitrogens with zero attached hydrogens (tertiary/aromatic N) is 3. The second-order valence-corrected chi connectivity index (χ2v) is 35.8. The lowest BCUT2D eigenvalue weighted by molar-refractivity contribution is 0.660. The van der Waals surface area contributed by atoms with E-state index >= 15 is 0 Å². The molecule has 0 saturated carbocycles. The minimum atomic E-state index is -0.406. The lowest BCUT2D eigenvalue weighted by atomic mass is 9.80. The summed E-state index contributed by atoms with van der Waals surface area (Å²) in [7, 11) is 0. The molecule has 0 unspecified atom stereocenters. The van der Waals surface area contributed by atoms with E-state index in [0.29, 0.717) is 0 Å². The third kappa shape index (κ3) is 12.8. The van der Waals surface area contributed by atoms with Gasteiger partial charge in [-0.1, -0.05) is 375 Å². The Kier molecular flexibility index (Phi) is 18.3. The van der Waals surface area contributed by atoms with Gasteiger partial charge in [-0.25, -0.2) is 0 Å². The molecule has 4 heteroatoms. The Morgan fingerprint density at radius 3 is 0.953 bits per heavy atom. The number of rotatable bonds is 17. The van der Waals surface area contributed by atoms with Crippen LogP contribution >= 0.6 is 0 Å². The molecule has 127 heavy (non-hydrogen) atoms. The zero-order valence-electron chi connectivity index (χ0n) is 71.9. The van der Waals surface area contributed by atoms with Crippen LogP contribution in [0.15, 0.2) is 447 Å². The molecule has 0 atom stereocenters. The maximum absolute atomic E-state index is 7.14. The molecular formula is C123H91N3O. The first-order chi connectivity index (χ1) is 62.3. The summed E-state index contributed by atoms with van der Waals surface area (Å²) in [6, 6.07) is 164. The van der Waals surface area contributed by atoms with Crippen LogP contribution in [0.2, 0.25) is 0 Å². The number of furan rings is 1. The van der Waals surface area contributed by atoms with Crippen LogP contribution in [0, 0.1) is 0 Å². The number of fused-ring (bicyclic) bond motifs is 12. The van der Waals surface area contributed by atoms with Gasteiger partial charge in [-0.15, -0.1) is 0 Å². The topological polar surface area (TPSA) is 22.9 Å². The van der Waals surface area contributed by atoms with Crippen LogP contribution in [0.1, 0.15) is 74.9 Å². The summed E-state index contributed by atoms with van der Waals surface area (Å²) in [6.07, 6.45) is 0. The Morgan fingerprint density at radius 2 is 0.472 bits per heavy atom. The smallest absolute Gasteiger partial charge is 0.143 e. The average molecular weight is 1630 g/mol. The van der Waals surface area contributed by atoms with E-state index < -0.39 is 5.41 Å². The Morgan fingerprint density at radius 1 is 0.181 bits per heavy atom. The Bertz CT molecular complexity index is 7670. The van der Waals surface area contributed by atoms with E-state index in [4.69, 9.17) is 4.42 Å². The van der Waals surface area contributed by atoms with Gasteiger partial charge in [0.2, 0.25) is 0 Å². The first-order valence-electron chi connectivity index (χ1n) is 44.3. The number of para-hydroxylation sites is 1. The highest BCUT2D eigenvalue weighted by atomic mass is 16.3. The minimum absolute atomic E-state index is 0.246. The molecule has 3 aliphatic rings. The fraction of sp³-hybridized carbons (Fsp3) is 0.0732. The van der Waals surface area contributed by atoms with E-state index in [-0.39, 0.29) is 10.8 Å². The molecule has 0 bridgehead atoms. The lowest BCUT2D eigenvalue weighted by Crippen LogP contribution is -2.20. The molecule has 0 saturated heterocycles. The van der Waals surface area contributed by atoms with Crippen molar-refractivity contribution < 1.29 is 4.42 Å². The molecule has 23 rings (SSSR count). The van der Waals surface area contributed by atoms with E-state index in [1.165, 1.54) is 128 Å². The van der Waals surface area contributed by atoms with E-state index in [2.05, 4.69) is 499 Å². The SMILES string of the molecule is CC1(C)c2ccccc2-c2cccc(N(c3ccc(-c4ccccc4)cc3)c3cccc(-c4cccc5c4oc4ccc(-c6cccc7c6-c6cccc(N(c8ccc(-c9ccccc9)cc8)c8ccc(-c9cccc(-c%10cccc%11c%10-c%10cccc(N(c%12ccc(-c%13ccccc%13)cc%12)c%12cccc(-c%13ccccc%13)c%12)c%10C%11(C)C)c9)cc8)c6C7(C)C)cc45)c3)c21. The quantitative estimate of drug-likeness (QED) is 0.0906. The van der Waals surface area contributed by atoms with Crippen molar-refractivity contribution in [3.8, 4) is 122 Å². The van der Waals surface area contributed by atoms with Crippen LogP contribution in [0.4, 0.5) is 51.2 Å². The van der Waals surface area contributed by atoms with Gasteiger partial charge in [-0.3, -0.25) is 0 Å². The summed E-state index contributed by atoms with van der Waals surface area (Å²) in [5.74, 6) is 0. The Labute approximate surface area is 743 Å². The van der Waals surface area contributed by atoms with Crippen LogP contribution in [-0.2, 0) is 16.2 Å². The molecule has 4 nitrogen and oxygen atoms in total. The van der Waals surface area contributed by atoms with Crippen LogP contribution in [0.5, 0.6) is 0 Å². The highest BCUT2D eigenvalue weighted by Crippen LogP contribution is 2.61. The molecule has 3 aliphatic carbocycles. The lowest BCUT2D eigenvalue weighted by Gasteiger charge is -2.32. The Balaban J connectivity index is 0.591. The summed E-state index contributed by atoms with van der Waals surface area (Å²) in [5, 5.41) is 2.16. The van der Waals surface area contributed by atoms with Gasteiger partial charge in [0.05, 0.1) is 17.1 Å². The summed E-state index contributed by atoms with van der Waals surface area (Å²) >= 11 is 0. The monoisotopic (exact) mass is 1630 g/mol. The van der Waals surface area contributed by atoms with Crippen molar-refractivity contribution >= 4 is 73.1 Å². The largest absolute Gasteiger partial charge is 0.455 e. The zero-order chi connectivity index (χ0) is 85.2. The van der Waals surface area contributed by atoms with Crippen LogP contribution in [-0.4, -0.2) is 0 Å². The molecule has 604 valence electrons. The number of hydrogen-bond acceptors (Lipinski definition) is 4. The number of hydrogen-bond donors (Lipinski definition) is 0. The molecule has 1 heterocycles. The van der Waals surface area contributed by atoms with E-state index in [9.17, 15) is 0 Å². The minimum Gasteiger partial charge on any atom is -0.455 e. The molecule has 0 spiro atoms. The third-order valence-corrected chi connectivity index (χ3v) is 27.4. The van der Waals surface area contributed by atoms with Crippen molar-refractivity contribution in [2.45, 2.75) is 57.8 Å². The molecule has 0 aliphatic heterocycles. The van der Waals surface area contributed by atoms with Gasteiger partial charge in [0, 0.05) is 66.7 Å². The second kappa shape index (κ2) is 30.4. The predicted molar refractivity (Wildman–Crippen MR) is 534 cm³/mol. The molecular weight excluding hydrogens is 1540 g/mol. The summed E-state index contributed by atoms with van der Waals surface area (Å²) in [4.78, 5) is 7.44. The van der Waals surface area contributed by atoms with Crippen molar-refractivity contribution in [3.63, 3.8) is 0 Å². The maximum atomic E-state index is 7.14. The van der Waals surface area contributed by atoms with Crippen molar-refractivity contribution in [1.82, 2.24) is 0 Å². The molecule has 0 amide bonds. The van der Waals surface area contributed by atoms with Gasteiger partial charge in [0.1, 0.15) is 11.2 Å². The number of benzene rings is 19. The average Bonchev–Trinajstić information content (AvgIpc) is 1.56. The highest BCUT2D eigenvalue weighted by Gasteiger charge is 2.44. The van der Waals surface area contributed by atoms with Crippen LogP contribution in [0.3, 0.4) is 0 Å². The Hall–Kier alpha value is -15.6. The molecule has 0 N–H and O–H groups in total. The number of anilines is 9. The fourth-order valence-corrected chi connectivity index (χ4v) is 21.4. The normalized spacial score (nSPS) is 13.3. The van der Waals surface area contributed by atoms with Crippen molar-refractivity contribution in [1.29, 1.82) is 0 Å². The maximum Gasteiger partial charge on any atom is 0.143 e. The summed E-state index contributed by atoms with van der Waals surface area (Å²) in [6.45, 7) is 14.4. The third-order valence-electron chi connectivity index (χ3n) is 27.4. The first-order valence-corrected chi connectivity index (χ1v) is 44.3. The predicted octanol–water partition coefficient (Wildman–Crippen LogP) is 34.3. The van der Waals surface area contributed by atoms with Gasteiger partial charge in [0.25, 0.3) is 0 Å². The van der Waals surface area contributed by atoms with Crippen LogP contribution < -0.4 is 14.7 Å². The molecule has 0 fully saturated rings. The summed E-state index contributed by atoms with van der Waals surface area (Å²) < 4.78 is 7.14. The summed E-state index contributed by atoms with van der Waals surface area (Å²) in [5.41, 5.74) is 44.7.